The van der Waals surface area contributed by atoms with Crippen LogP contribution in [0.2, 0.25) is 0 Å². The van der Waals surface area contributed by atoms with Crippen LogP contribution in [0.5, 0.6) is 0 Å². The molecule has 1 aliphatic rings. The predicted molar refractivity (Wildman–Crippen MR) is 56.2 cm³/mol. The van der Waals surface area contributed by atoms with Gasteiger partial charge in [0.15, 0.2) is 0 Å². The fraction of sp³-hybridized carbons (Fsp3) is 0.900. The molecule has 1 N–H and O–H groups in total. The summed E-state index contributed by atoms with van der Waals surface area (Å²) in [6.45, 7) is 7.63. The lowest BCUT2D eigenvalue weighted by Crippen LogP contribution is -2.44. The summed E-state index contributed by atoms with van der Waals surface area (Å²) in [4.78, 5) is 18.5. The third-order valence-corrected chi connectivity index (χ3v) is 2.11. The number of morpholine rings is 1. The van der Waals surface area contributed by atoms with Gasteiger partial charge < -0.3 is 14.5 Å². The van der Waals surface area contributed by atoms with Gasteiger partial charge in [0.05, 0.1) is 19.8 Å². The first-order chi connectivity index (χ1) is 7.20. The van der Waals surface area contributed by atoms with Crippen molar-refractivity contribution in [3.63, 3.8) is 0 Å². The highest BCUT2D eigenvalue weighted by atomic mass is 16.6. The Balaban J connectivity index is 2.07. The number of nitrogens with one attached hydrogen (secondary N) is 1. The predicted octanol–water partition coefficient (Wildman–Crippen LogP) is 0.0224. The molecule has 1 rings (SSSR count). The summed E-state index contributed by atoms with van der Waals surface area (Å²) >= 11 is 0. The smallest absolute Gasteiger partial charge is 0.239 e. The molecule has 1 aliphatic heterocycles. The second-order valence-corrected chi connectivity index (χ2v) is 4.02. The Hall–Kier alpha value is -0.650. The monoisotopic (exact) mass is 216 g/mol. The molecule has 15 heavy (non-hydrogen) atoms. The van der Waals surface area contributed by atoms with Crippen LogP contribution >= 0.6 is 0 Å². The highest BCUT2D eigenvalue weighted by Gasteiger charge is 2.15. The van der Waals surface area contributed by atoms with Crippen LogP contribution in [0.1, 0.15) is 13.8 Å². The zero-order valence-corrected chi connectivity index (χ0v) is 9.49. The number of rotatable bonds is 5. The van der Waals surface area contributed by atoms with Crippen molar-refractivity contribution in [1.29, 1.82) is 0 Å². The molecule has 0 unspecified atom stereocenters. The third kappa shape index (κ3) is 5.11. The number of carbonyl (C=O) groups excluding carboxylic acids is 1. The van der Waals surface area contributed by atoms with E-state index in [1.807, 2.05) is 0 Å². The highest BCUT2D eigenvalue weighted by molar-refractivity contribution is 5.78. The molecule has 0 aromatic carbocycles. The Kier molecular flexibility index (Phi) is 5.60. The third-order valence-electron chi connectivity index (χ3n) is 2.11. The zero-order chi connectivity index (χ0) is 11.1. The van der Waals surface area contributed by atoms with E-state index in [4.69, 9.17) is 9.57 Å². The van der Waals surface area contributed by atoms with E-state index in [1.165, 1.54) is 0 Å². The zero-order valence-electron chi connectivity index (χ0n) is 9.49. The number of hydrogen-bond donors (Lipinski definition) is 1. The second-order valence-electron chi connectivity index (χ2n) is 4.02. The molecule has 0 radical (unpaired) electrons. The maximum Gasteiger partial charge on any atom is 0.239 e. The van der Waals surface area contributed by atoms with Gasteiger partial charge >= 0.3 is 0 Å². The van der Waals surface area contributed by atoms with E-state index in [-0.39, 0.29) is 12.5 Å². The van der Waals surface area contributed by atoms with Crippen LogP contribution < -0.4 is 5.48 Å². The topological polar surface area (TPSA) is 50.8 Å². The van der Waals surface area contributed by atoms with Crippen LogP contribution in [0.4, 0.5) is 0 Å². The van der Waals surface area contributed by atoms with Crippen molar-refractivity contribution >= 4 is 5.91 Å². The normalized spacial score (nSPS) is 17.1. The lowest BCUT2D eigenvalue weighted by Gasteiger charge is -2.26. The fourth-order valence-electron chi connectivity index (χ4n) is 1.26. The molecule has 88 valence electrons. The molecule has 0 atom stereocenters. The van der Waals surface area contributed by atoms with Gasteiger partial charge in [-0.3, -0.25) is 4.79 Å². The summed E-state index contributed by atoms with van der Waals surface area (Å²) in [7, 11) is 0. The van der Waals surface area contributed by atoms with Gasteiger partial charge in [0.2, 0.25) is 5.91 Å². The van der Waals surface area contributed by atoms with Gasteiger partial charge in [0.1, 0.15) is 6.54 Å². The van der Waals surface area contributed by atoms with E-state index in [0.29, 0.717) is 38.8 Å². The van der Waals surface area contributed by atoms with Gasteiger partial charge in [-0.15, -0.1) is 0 Å². The number of hydrogen-bond acceptors (Lipinski definition) is 4. The average Bonchev–Trinajstić information content (AvgIpc) is 2.25. The Morgan fingerprint density at radius 2 is 2.13 bits per heavy atom. The maximum atomic E-state index is 11.6. The molecule has 0 aromatic heterocycles. The molecule has 0 aromatic rings. The number of ether oxygens (including phenoxy) is 1. The first-order valence-corrected chi connectivity index (χ1v) is 5.40. The fourth-order valence-corrected chi connectivity index (χ4v) is 1.26. The van der Waals surface area contributed by atoms with Gasteiger partial charge in [0.25, 0.3) is 0 Å². The van der Waals surface area contributed by atoms with E-state index in [1.54, 1.807) is 4.90 Å². The molecule has 0 spiro atoms. The molecule has 0 aliphatic carbocycles. The molecule has 0 bridgehead atoms. The summed E-state index contributed by atoms with van der Waals surface area (Å²) in [5.74, 6) is 0.540. The molecular weight excluding hydrogens is 196 g/mol. The minimum atomic E-state index is 0.0713. The first-order valence-electron chi connectivity index (χ1n) is 5.40. The molecule has 1 fully saturated rings. The summed E-state index contributed by atoms with van der Waals surface area (Å²) in [5.41, 5.74) is 2.68. The van der Waals surface area contributed by atoms with E-state index in [9.17, 15) is 4.79 Å². The van der Waals surface area contributed by atoms with Crippen molar-refractivity contribution < 1.29 is 14.4 Å². The van der Waals surface area contributed by atoms with Crippen molar-refractivity contribution in [3.8, 4) is 0 Å². The Bertz CT molecular complexity index is 191. The van der Waals surface area contributed by atoms with Gasteiger partial charge in [-0.05, 0) is 5.92 Å². The second kappa shape index (κ2) is 6.76. The SMILES string of the molecule is CC(C)CONCC(=O)N1CCOCC1. The quantitative estimate of drug-likeness (QED) is 0.520. The molecular formula is C10H20N2O3. The van der Waals surface area contributed by atoms with Crippen LogP contribution in [0, 0.1) is 5.92 Å². The standard InChI is InChI=1S/C10H20N2O3/c1-9(2)8-15-11-7-10(13)12-3-5-14-6-4-12/h9,11H,3-8H2,1-2H3. The van der Waals surface area contributed by atoms with Crippen molar-refractivity contribution in [3.05, 3.63) is 0 Å². The molecule has 0 saturated carbocycles. The summed E-state index contributed by atoms with van der Waals surface area (Å²) < 4.78 is 5.16. The molecule has 1 heterocycles. The molecule has 1 amide bonds. The van der Waals surface area contributed by atoms with Crippen LogP contribution in [0.15, 0.2) is 0 Å². The average molecular weight is 216 g/mol. The van der Waals surface area contributed by atoms with Crippen molar-refractivity contribution in [2.75, 3.05) is 39.5 Å². The lowest BCUT2D eigenvalue weighted by atomic mass is 10.2. The molecule has 5 nitrogen and oxygen atoms in total. The van der Waals surface area contributed by atoms with E-state index in [2.05, 4.69) is 19.3 Å². The lowest BCUT2D eigenvalue weighted by molar-refractivity contribution is -0.137. The summed E-state index contributed by atoms with van der Waals surface area (Å²) in [6.07, 6.45) is 0. The van der Waals surface area contributed by atoms with Crippen molar-refractivity contribution in [1.82, 2.24) is 10.4 Å². The van der Waals surface area contributed by atoms with Crippen LogP contribution in [0.25, 0.3) is 0 Å². The van der Waals surface area contributed by atoms with E-state index in [0.717, 1.165) is 0 Å². The van der Waals surface area contributed by atoms with Crippen LogP contribution in [0.3, 0.4) is 0 Å². The first kappa shape index (κ1) is 12.4. The van der Waals surface area contributed by atoms with Gasteiger partial charge in [-0.25, -0.2) is 0 Å². The summed E-state index contributed by atoms with van der Waals surface area (Å²) in [6, 6.07) is 0. The summed E-state index contributed by atoms with van der Waals surface area (Å²) in [5, 5.41) is 0. The van der Waals surface area contributed by atoms with Crippen LogP contribution in [-0.2, 0) is 14.4 Å². The van der Waals surface area contributed by atoms with E-state index < -0.39 is 0 Å². The largest absolute Gasteiger partial charge is 0.378 e. The van der Waals surface area contributed by atoms with Gasteiger partial charge in [-0.2, -0.15) is 5.48 Å². The van der Waals surface area contributed by atoms with Gasteiger partial charge in [-0.1, -0.05) is 13.8 Å². The van der Waals surface area contributed by atoms with Crippen molar-refractivity contribution in [2.24, 2.45) is 5.92 Å². The Labute approximate surface area is 90.7 Å². The number of nitrogens with zero attached hydrogens (tertiary/aromatic N) is 1. The number of amides is 1. The van der Waals surface area contributed by atoms with Gasteiger partial charge in [0, 0.05) is 13.1 Å². The number of carbonyl (C=O) groups is 1. The minimum Gasteiger partial charge on any atom is -0.378 e. The highest BCUT2D eigenvalue weighted by Crippen LogP contribution is 1.96. The van der Waals surface area contributed by atoms with Crippen molar-refractivity contribution in [2.45, 2.75) is 13.8 Å². The molecule has 1 saturated heterocycles. The Morgan fingerprint density at radius 1 is 1.47 bits per heavy atom. The van der Waals surface area contributed by atoms with Crippen LogP contribution in [-0.4, -0.2) is 50.3 Å². The maximum absolute atomic E-state index is 11.6. The van der Waals surface area contributed by atoms with E-state index >= 15 is 0 Å². The molecule has 5 heteroatoms. The number of hydroxylamine groups is 1. The minimum absolute atomic E-state index is 0.0713. The Morgan fingerprint density at radius 3 is 2.73 bits per heavy atom.